The Hall–Kier alpha value is -2.40. The Labute approximate surface area is 158 Å². The third kappa shape index (κ3) is 4.41. The Morgan fingerprint density at radius 3 is 2.31 bits per heavy atom. The Morgan fingerprint density at radius 2 is 1.77 bits per heavy atom. The van der Waals surface area contributed by atoms with Gasteiger partial charge in [0.05, 0.1) is 10.6 Å². The van der Waals surface area contributed by atoms with Crippen molar-refractivity contribution in [3.8, 4) is 0 Å². The molecule has 0 atom stereocenters. The van der Waals surface area contributed by atoms with Crippen LogP contribution in [0.5, 0.6) is 0 Å². The SMILES string of the molecule is CC(=O)N(CCNC(=O)c1c(F)cccc1Cl)c1c(C)cc(C)cc1C. The van der Waals surface area contributed by atoms with Gasteiger partial charge in [-0.15, -0.1) is 0 Å². The molecule has 0 unspecified atom stereocenters. The molecule has 2 rings (SSSR count). The van der Waals surface area contributed by atoms with Crippen LogP contribution in [0.1, 0.15) is 34.0 Å². The van der Waals surface area contributed by atoms with Crippen LogP contribution in [0.2, 0.25) is 5.02 Å². The maximum Gasteiger partial charge on any atom is 0.255 e. The van der Waals surface area contributed by atoms with E-state index in [0.717, 1.165) is 22.4 Å². The van der Waals surface area contributed by atoms with Gasteiger partial charge in [-0.05, 0) is 44.0 Å². The van der Waals surface area contributed by atoms with Crippen LogP contribution in [0.15, 0.2) is 30.3 Å². The molecule has 0 aromatic heterocycles. The first-order valence-corrected chi connectivity index (χ1v) is 8.68. The van der Waals surface area contributed by atoms with E-state index in [4.69, 9.17) is 11.6 Å². The molecule has 26 heavy (non-hydrogen) atoms. The number of halogens is 2. The molecule has 0 aliphatic heterocycles. The van der Waals surface area contributed by atoms with E-state index in [-0.39, 0.29) is 29.6 Å². The van der Waals surface area contributed by atoms with Gasteiger partial charge in [0.15, 0.2) is 0 Å². The molecule has 0 aliphatic carbocycles. The van der Waals surface area contributed by atoms with Crippen LogP contribution >= 0.6 is 11.6 Å². The monoisotopic (exact) mass is 376 g/mol. The van der Waals surface area contributed by atoms with Gasteiger partial charge in [0.1, 0.15) is 5.82 Å². The average Bonchev–Trinajstić information content (AvgIpc) is 2.52. The second-order valence-electron chi connectivity index (χ2n) is 6.27. The van der Waals surface area contributed by atoms with E-state index in [1.807, 2.05) is 32.9 Å². The zero-order valence-electron chi connectivity index (χ0n) is 15.3. The van der Waals surface area contributed by atoms with Crippen molar-refractivity contribution in [2.45, 2.75) is 27.7 Å². The van der Waals surface area contributed by atoms with Gasteiger partial charge >= 0.3 is 0 Å². The minimum absolute atomic E-state index is 0.0520. The van der Waals surface area contributed by atoms with Crippen molar-refractivity contribution in [1.29, 1.82) is 0 Å². The number of carbonyl (C=O) groups is 2. The molecule has 0 saturated heterocycles. The molecule has 0 radical (unpaired) electrons. The number of anilines is 1. The van der Waals surface area contributed by atoms with Gasteiger partial charge in [-0.2, -0.15) is 0 Å². The first-order valence-electron chi connectivity index (χ1n) is 8.30. The van der Waals surface area contributed by atoms with E-state index in [0.29, 0.717) is 0 Å². The molecule has 138 valence electrons. The van der Waals surface area contributed by atoms with Crippen molar-refractivity contribution in [2.75, 3.05) is 18.0 Å². The van der Waals surface area contributed by atoms with Crippen molar-refractivity contribution in [3.05, 3.63) is 63.4 Å². The standard InChI is InChI=1S/C20H22ClFN2O2/c1-12-10-13(2)19(14(3)11-12)24(15(4)25)9-8-23-20(26)18-16(21)6-5-7-17(18)22/h5-7,10-11H,8-9H2,1-4H3,(H,23,26). The number of hydrogen-bond donors (Lipinski definition) is 1. The summed E-state index contributed by atoms with van der Waals surface area (Å²) in [7, 11) is 0. The molecule has 2 amide bonds. The molecule has 4 nitrogen and oxygen atoms in total. The zero-order chi connectivity index (χ0) is 19.4. The number of nitrogens with zero attached hydrogens (tertiary/aromatic N) is 1. The van der Waals surface area contributed by atoms with Gasteiger partial charge in [-0.25, -0.2) is 4.39 Å². The minimum atomic E-state index is -0.677. The number of hydrogen-bond acceptors (Lipinski definition) is 2. The molecular weight excluding hydrogens is 355 g/mol. The molecule has 0 heterocycles. The number of benzene rings is 2. The minimum Gasteiger partial charge on any atom is -0.350 e. The lowest BCUT2D eigenvalue weighted by Crippen LogP contribution is -2.38. The normalized spacial score (nSPS) is 10.5. The van der Waals surface area contributed by atoms with E-state index in [1.165, 1.54) is 25.1 Å². The number of amides is 2. The van der Waals surface area contributed by atoms with Gasteiger partial charge in [-0.1, -0.05) is 35.4 Å². The molecule has 0 aliphatic rings. The van der Waals surface area contributed by atoms with Crippen LogP contribution in [0, 0.1) is 26.6 Å². The molecule has 2 aromatic carbocycles. The Bertz CT molecular complexity index is 808. The van der Waals surface area contributed by atoms with Crippen LogP contribution in [-0.4, -0.2) is 24.9 Å². The molecule has 0 spiro atoms. The largest absolute Gasteiger partial charge is 0.350 e. The molecule has 0 bridgehead atoms. The fourth-order valence-corrected chi connectivity index (χ4v) is 3.36. The van der Waals surface area contributed by atoms with Gasteiger partial charge in [-0.3, -0.25) is 9.59 Å². The van der Waals surface area contributed by atoms with Gasteiger partial charge in [0.25, 0.3) is 5.91 Å². The summed E-state index contributed by atoms with van der Waals surface area (Å²) in [6.07, 6.45) is 0. The molecule has 6 heteroatoms. The number of aryl methyl sites for hydroxylation is 3. The topological polar surface area (TPSA) is 49.4 Å². The first kappa shape index (κ1) is 19.9. The molecular formula is C20H22ClFN2O2. The van der Waals surface area contributed by atoms with Crippen molar-refractivity contribution in [3.63, 3.8) is 0 Å². The number of carbonyl (C=O) groups excluding carboxylic acids is 2. The lowest BCUT2D eigenvalue weighted by atomic mass is 10.0. The fraction of sp³-hybridized carbons (Fsp3) is 0.300. The van der Waals surface area contributed by atoms with Crippen LogP contribution < -0.4 is 10.2 Å². The molecule has 1 N–H and O–H groups in total. The van der Waals surface area contributed by atoms with Crippen molar-refractivity contribution in [1.82, 2.24) is 5.32 Å². The Morgan fingerprint density at radius 1 is 1.15 bits per heavy atom. The lowest BCUT2D eigenvalue weighted by Gasteiger charge is -2.25. The summed E-state index contributed by atoms with van der Waals surface area (Å²) in [4.78, 5) is 26.0. The quantitative estimate of drug-likeness (QED) is 0.850. The summed E-state index contributed by atoms with van der Waals surface area (Å²) in [5.74, 6) is -1.41. The highest BCUT2D eigenvalue weighted by atomic mass is 35.5. The van der Waals surface area contributed by atoms with Crippen LogP contribution in [0.3, 0.4) is 0 Å². The van der Waals surface area contributed by atoms with Gasteiger partial charge < -0.3 is 10.2 Å². The van der Waals surface area contributed by atoms with Crippen molar-refractivity contribution < 1.29 is 14.0 Å². The van der Waals surface area contributed by atoms with E-state index >= 15 is 0 Å². The van der Waals surface area contributed by atoms with E-state index in [9.17, 15) is 14.0 Å². The second-order valence-corrected chi connectivity index (χ2v) is 6.68. The maximum atomic E-state index is 13.8. The Kier molecular flexibility index (Phi) is 6.37. The fourth-order valence-electron chi connectivity index (χ4n) is 3.11. The first-order chi connectivity index (χ1) is 12.2. The summed E-state index contributed by atoms with van der Waals surface area (Å²) in [6, 6.07) is 8.10. The van der Waals surface area contributed by atoms with Gasteiger partial charge in [0.2, 0.25) is 5.91 Å². The van der Waals surface area contributed by atoms with E-state index < -0.39 is 11.7 Å². The third-order valence-electron chi connectivity index (χ3n) is 4.10. The highest BCUT2D eigenvalue weighted by molar-refractivity contribution is 6.33. The smallest absolute Gasteiger partial charge is 0.255 e. The highest BCUT2D eigenvalue weighted by Crippen LogP contribution is 2.26. The molecule has 0 fully saturated rings. The summed E-state index contributed by atoms with van der Waals surface area (Å²) in [6.45, 7) is 7.83. The van der Waals surface area contributed by atoms with Crippen molar-refractivity contribution >= 4 is 29.1 Å². The van der Waals surface area contributed by atoms with E-state index in [1.54, 1.807) is 4.90 Å². The number of rotatable bonds is 5. The van der Waals surface area contributed by atoms with Gasteiger partial charge in [0, 0.05) is 25.7 Å². The zero-order valence-corrected chi connectivity index (χ0v) is 16.1. The predicted octanol–water partition coefficient (Wildman–Crippen LogP) is 4.19. The summed E-state index contributed by atoms with van der Waals surface area (Å²) in [5.41, 5.74) is 3.74. The highest BCUT2D eigenvalue weighted by Gasteiger charge is 2.19. The van der Waals surface area contributed by atoms with Crippen LogP contribution in [0.4, 0.5) is 10.1 Å². The third-order valence-corrected chi connectivity index (χ3v) is 4.41. The second kappa shape index (κ2) is 8.32. The van der Waals surface area contributed by atoms with Crippen LogP contribution in [0.25, 0.3) is 0 Å². The van der Waals surface area contributed by atoms with Crippen LogP contribution in [-0.2, 0) is 4.79 Å². The maximum absolute atomic E-state index is 13.8. The Balaban J connectivity index is 2.13. The molecule has 2 aromatic rings. The molecule has 0 saturated carbocycles. The lowest BCUT2D eigenvalue weighted by molar-refractivity contribution is -0.116. The van der Waals surface area contributed by atoms with Crippen molar-refractivity contribution in [2.24, 2.45) is 0 Å². The predicted molar refractivity (Wildman–Crippen MR) is 102 cm³/mol. The number of nitrogens with one attached hydrogen (secondary N) is 1. The summed E-state index contributed by atoms with van der Waals surface area (Å²) < 4.78 is 13.8. The summed E-state index contributed by atoms with van der Waals surface area (Å²) >= 11 is 5.90. The van der Waals surface area contributed by atoms with E-state index in [2.05, 4.69) is 5.32 Å². The average molecular weight is 377 g/mol. The summed E-state index contributed by atoms with van der Waals surface area (Å²) in [5, 5.41) is 2.68.